The molecule has 1 amide bonds. The maximum Gasteiger partial charge on any atom is 0.228 e. The van der Waals surface area contributed by atoms with E-state index in [0.717, 1.165) is 46.9 Å². The summed E-state index contributed by atoms with van der Waals surface area (Å²) in [5.41, 5.74) is 3.43. The lowest BCUT2D eigenvalue weighted by Gasteiger charge is -2.23. The fourth-order valence-corrected chi connectivity index (χ4v) is 3.39. The van der Waals surface area contributed by atoms with Gasteiger partial charge in [0.15, 0.2) is 0 Å². The van der Waals surface area contributed by atoms with Gasteiger partial charge in [-0.2, -0.15) is 0 Å². The summed E-state index contributed by atoms with van der Waals surface area (Å²) in [6.45, 7) is 3.92. The van der Waals surface area contributed by atoms with E-state index in [1.54, 1.807) is 18.6 Å². The van der Waals surface area contributed by atoms with Gasteiger partial charge in [-0.3, -0.25) is 14.8 Å². The van der Waals surface area contributed by atoms with Crippen molar-refractivity contribution in [1.82, 2.24) is 15.0 Å². The third-order valence-electron chi connectivity index (χ3n) is 5.47. The number of fused-ring (bicyclic) bond motifs is 1. The van der Waals surface area contributed by atoms with Crippen LogP contribution < -0.4 is 5.32 Å². The van der Waals surface area contributed by atoms with Crippen LogP contribution in [0.1, 0.15) is 50.0 Å². The van der Waals surface area contributed by atoms with Crippen molar-refractivity contribution in [3.63, 3.8) is 0 Å². The van der Waals surface area contributed by atoms with Crippen LogP contribution in [0.3, 0.4) is 0 Å². The predicted octanol–water partition coefficient (Wildman–Crippen LogP) is 4.18. The number of carbonyl (C=O) groups excluding carboxylic acids is 1. The second kappa shape index (κ2) is 7.64. The summed E-state index contributed by atoms with van der Waals surface area (Å²) >= 11 is 0. The van der Waals surface area contributed by atoms with Crippen molar-refractivity contribution < 1.29 is 9.90 Å². The first-order valence-electron chi connectivity index (χ1n) is 9.77. The first-order chi connectivity index (χ1) is 13.5. The Morgan fingerprint density at radius 2 is 1.89 bits per heavy atom. The normalized spacial score (nSPS) is 15.2. The number of rotatable bonds is 5. The zero-order valence-corrected chi connectivity index (χ0v) is 16.1. The Kier molecular flexibility index (Phi) is 5.05. The van der Waals surface area contributed by atoms with Crippen LogP contribution in [0.5, 0.6) is 0 Å². The Morgan fingerprint density at radius 1 is 1.14 bits per heavy atom. The number of aliphatic hydroxyl groups excluding tert-OH is 1. The predicted molar refractivity (Wildman–Crippen MR) is 109 cm³/mol. The van der Waals surface area contributed by atoms with E-state index in [9.17, 15) is 9.90 Å². The Hall–Kier alpha value is -2.86. The summed E-state index contributed by atoms with van der Waals surface area (Å²) in [5.74, 6) is 0.746. The van der Waals surface area contributed by atoms with Crippen molar-refractivity contribution in [2.45, 2.75) is 45.6 Å². The number of anilines is 1. The number of aliphatic hydroxyl groups is 1. The molecular formula is C22H24N4O2. The number of carbonyl (C=O) groups is 1. The molecule has 2 N–H and O–H groups in total. The van der Waals surface area contributed by atoms with Crippen molar-refractivity contribution in [2.75, 3.05) is 5.32 Å². The van der Waals surface area contributed by atoms with E-state index in [1.165, 1.54) is 0 Å². The lowest BCUT2D eigenvalue weighted by Crippen LogP contribution is -2.28. The number of nitrogens with zero attached hydrogens (tertiary/aromatic N) is 3. The highest BCUT2D eigenvalue weighted by molar-refractivity contribution is 5.94. The standard InChI is InChI=1S/C22H24N4O2/c1-3-20(27)19-7-13(2)17(12-24-19)18-8-15-11-25-21(9-16(15)10-23-18)26-22(28)14-5-4-6-14/h7-12,14,20,27H,3-6H2,1-2H3,(H,25,26,28). The Balaban J connectivity index is 1.59. The third kappa shape index (κ3) is 3.60. The van der Waals surface area contributed by atoms with Gasteiger partial charge in [0.25, 0.3) is 0 Å². The van der Waals surface area contributed by atoms with Gasteiger partial charge in [-0.25, -0.2) is 4.98 Å². The fourth-order valence-electron chi connectivity index (χ4n) is 3.39. The quantitative estimate of drug-likeness (QED) is 0.697. The number of aryl methyl sites for hydroxylation is 1. The van der Waals surface area contributed by atoms with Gasteiger partial charge in [-0.1, -0.05) is 13.3 Å². The summed E-state index contributed by atoms with van der Waals surface area (Å²) in [5, 5.41) is 14.8. The number of nitrogens with one attached hydrogen (secondary N) is 1. The molecule has 0 spiro atoms. The first kappa shape index (κ1) is 18.5. The zero-order chi connectivity index (χ0) is 19.7. The molecule has 1 unspecified atom stereocenters. The molecule has 1 atom stereocenters. The Labute approximate surface area is 164 Å². The maximum absolute atomic E-state index is 12.1. The van der Waals surface area contributed by atoms with E-state index >= 15 is 0 Å². The van der Waals surface area contributed by atoms with E-state index in [1.807, 2.05) is 32.0 Å². The molecule has 3 heterocycles. The van der Waals surface area contributed by atoms with Crippen molar-refractivity contribution in [3.8, 4) is 11.3 Å². The van der Waals surface area contributed by atoms with Crippen molar-refractivity contribution >= 4 is 22.5 Å². The van der Waals surface area contributed by atoms with Crippen LogP contribution in [0.25, 0.3) is 22.0 Å². The average molecular weight is 376 g/mol. The van der Waals surface area contributed by atoms with Crippen LogP contribution in [0.15, 0.2) is 36.8 Å². The van der Waals surface area contributed by atoms with Crippen molar-refractivity contribution in [2.24, 2.45) is 5.92 Å². The van der Waals surface area contributed by atoms with E-state index in [-0.39, 0.29) is 11.8 Å². The van der Waals surface area contributed by atoms with E-state index in [4.69, 9.17) is 0 Å². The van der Waals surface area contributed by atoms with Crippen LogP contribution in [0, 0.1) is 12.8 Å². The maximum atomic E-state index is 12.1. The molecule has 28 heavy (non-hydrogen) atoms. The minimum Gasteiger partial charge on any atom is -0.387 e. The molecule has 144 valence electrons. The molecule has 0 saturated heterocycles. The van der Waals surface area contributed by atoms with Gasteiger partial charge in [0, 0.05) is 40.8 Å². The zero-order valence-electron chi connectivity index (χ0n) is 16.1. The molecule has 0 aromatic carbocycles. The van der Waals surface area contributed by atoms with E-state index in [0.29, 0.717) is 17.9 Å². The van der Waals surface area contributed by atoms with Crippen LogP contribution >= 0.6 is 0 Å². The van der Waals surface area contributed by atoms with Gasteiger partial charge >= 0.3 is 0 Å². The van der Waals surface area contributed by atoms with Gasteiger partial charge in [-0.05, 0) is 49.9 Å². The number of hydrogen-bond acceptors (Lipinski definition) is 5. The van der Waals surface area contributed by atoms with Crippen LogP contribution in [0.4, 0.5) is 5.82 Å². The lowest BCUT2D eigenvalue weighted by molar-refractivity contribution is -0.122. The summed E-state index contributed by atoms with van der Waals surface area (Å²) in [6.07, 6.45) is 8.45. The third-order valence-corrected chi connectivity index (χ3v) is 5.47. The highest BCUT2D eigenvalue weighted by Gasteiger charge is 2.25. The number of amides is 1. The average Bonchev–Trinajstić information content (AvgIpc) is 2.65. The largest absolute Gasteiger partial charge is 0.387 e. The lowest BCUT2D eigenvalue weighted by atomic mass is 9.85. The number of pyridine rings is 3. The molecule has 0 aliphatic heterocycles. The van der Waals surface area contributed by atoms with Gasteiger partial charge in [-0.15, -0.1) is 0 Å². The molecule has 6 nitrogen and oxygen atoms in total. The van der Waals surface area contributed by atoms with Crippen LogP contribution in [-0.4, -0.2) is 26.0 Å². The molecule has 1 aliphatic carbocycles. The molecule has 3 aromatic rings. The van der Waals surface area contributed by atoms with Gasteiger partial charge < -0.3 is 10.4 Å². The van der Waals surface area contributed by atoms with Crippen molar-refractivity contribution in [1.29, 1.82) is 0 Å². The van der Waals surface area contributed by atoms with Gasteiger partial charge in [0.05, 0.1) is 17.5 Å². The van der Waals surface area contributed by atoms with Gasteiger partial charge in [0.1, 0.15) is 5.82 Å². The van der Waals surface area contributed by atoms with Crippen molar-refractivity contribution in [3.05, 3.63) is 48.0 Å². The summed E-state index contributed by atoms with van der Waals surface area (Å²) in [6, 6.07) is 5.74. The minimum absolute atomic E-state index is 0.0544. The molecule has 0 bridgehead atoms. The topological polar surface area (TPSA) is 88.0 Å². The highest BCUT2D eigenvalue weighted by atomic mass is 16.3. The highest BCUT2D eigenvalue weighted by Crippen LogP contribution is 2.29. The van der Waals surface area contributed by atoms with E-state index in [2.05, 4.69) is 20.3 Å². The molecule has 3 aromatic heterocycles. The minimum atomic E-state index is -0.546. The molecule has 4 rings (SSSR count). The first-order valence-corrected chi connectivity index (χ1v) is 9.77. The Bertz CT molecular complexity index is 1030. The molecule has 1 aliphatic rings. The summed E-state index contributed by atoms with van der Waals surface area (Å²) < 4.78 is 0. The smallest absolute Gasteiger partial charge is 0.228 e. The second-order valence-corrected chi connectivity index (χ2v) is 7.45. The Morgan fingerprint density at radius 3 is 2.57 bits per heavy atom. The molecule has 1 saturated carbocycles. The van der Waals surface area contributed by atoms with Crippen LogP contribution in [0.2, 0.25) is 0 Å². The molecular weight excluding hydrogens is 352 g/mol. The summed E-state index contributed by atoms with van der Waals surface area (Å²) in [4.78, 5) is 25.5. The fraction of sp³-hybridized carbons (Fsp3) is 0.364. The number of aromatic nitrogens is 3. The summed E-state index contributed by atoms with van der Waals surface area (Å²) in [7, 11) is 0. The molecule has 6 heteroatoms. The monoisotopic (exact) mass is 376 g/mol. The van der Waals surface area contributed by atoms with Gasteiger partial charge in [0.2, 0.25) is 5.91 Å². The van der Waals surface area contributed by atoms with Crippen LogP contribution in [-0.2, 0) is 4.79 Å². The van der Waals surface area contributed by atoms with E-state index < -0.39 is 6.10 Å². The SMILES string of the molecule is CCC(O)c1cc(C)c(-c2cc3cnc(NC(=O)C4CCC4)cc3cn2)cn1. The molecule has 0 radical (unpaired) electrons. The number of hydrogen-bond donors (Lipinski definition) is 2. The molecule has 1 fully saturated rings. The second-order valence-electron chi connectivity index (χ2n) is 7.45.